The molecule has 0 saturated heterocycles. The molecular weight excluding hydrogens is 749 g/mol. The van der Waals surface area contributed by atoms with Crippen molar-refractivity contribution < 1.29 is 0 Å². The van der Waals surface area contributed by atoms with E-state index in [0.29, 0.717) is 0 Å². The standard InChI is InChI=1S/C60H42N2/c1-5-19-43(20-6-1)45-35-38-50(39-36-45)61(59-42-48(44-21-7-2-8-22-44)37-40-54(59)47-25-11-4-12-26-47)57-33-18-34-58-60(57)55-31-15-16-32-56(55)62(58)51-28-17-27-49(41-51)53-30-14-13-29-52(53)46-23-9-3-10-24-46/h1-42H. The van der Waals surface area contributed by atoms with E-state index in [1.165, 1.54) is 49.7 Å². The average molecular weight is 791 g/mol. The van der Waals surface area contributed by atoms with Crippen LogP contribution < -0.4 is 4.90 Å². The van der Waals surface area contributed by atoms with Crippen LogP contribution in [0.4, 0.5) is 17.1 Å². The Labute approximate surface area is 362 Å². The summed E-state index contributed by atoms with van der Waals surface area (Å²) < 4.78 is 2.44. The highest BCUT2D eigenvalue weighted by atomic mass is 15.2. The topological polar surface area (TPSA) is 8.17 Å². The van der Waals surface area contributed by atoms with Gasteiger partial charge < -0.3 is 9.47 Å². The molecule has 1 aromatic heterocycles. The molecule has 0 spiro atoms. The van der Waals surface area contributed by atoms with E-state index < -0.39 is 0 Å². The van der Waals surface area contributed by atoms with Crippen LogP contribution in [0.3, 0.4) is 0 Å². The molecule has 1 heterocycles. The van der Waals surface area contributed by atoms with Crippen LogP contribution >= 0.6 is 0 Å². The Hall–Kier alpha value is -8.20. The Morgan fingerprint density at radius 2 is 0.758 bits per heavy atom. The van der Waals surface area contributed by atoms with Crippen LogP contribution in [-0.2, 0) is 0 Å². The second-order valence-electron chi connectivity index (χ2n) is 15.7. The van der Waals surface area contributed by atoms with Crippen molar-refractivity contribution in [3.63, 3.8) is 0 Å². The number of aromatic nitrogens is 1. The van der Waals surface area contributed by atoms with E-state index in [4.69, 9.17) is 0 Å². The van der Waals surface area contributed by atoms with E-state index in [0.717, 1.165) is 50.5 Å². The summed E-state index contributed by atoms with van der Waals surface area (Å²) in [5.41, 5.74) is 18.5. The Bertz CT molecular complexity index is 3310. The zero-order valence-electron chi connectivity index (χ0n) is 34.1. The van der Waals surface area contributed by atoms with Gasteiger partial charge in [0.15, 0.2) is 0 Å². The van der Waals surface area contributed by atoms with Crippen molar-refractivity contribution >= 4 is 38.9 Å². The minimum absolute atomic E-state index is 1.08. The van der Waals surface area contributed by atoms with Gasteiger partial charge in [0.1, 0.15) is 0 Å². The maximum Gasteiger partial charge on any atom is 0.0562 e. The Morgan fingerprint density at radius 1 is 0.274 bits per heavy atom. The third-order valence-corrected chi connectivity index (χ3v) is 12.0. The molecule has 0 bridgehead atoms. The second kappa shape index (κ2) is 16.1. The lowest BCUT2D eigenvalue weighted by molar-refractivity contribution is 1.18. The quantitative estimate of drug-likeness (QED) is 0.141. The Balaban J connectivity index is 1.16. The molecule has 0 N–H and O–H groups in total. The van der Waals surface area contributed by atoms with E-state index >= 15 is 0 Å². The molecule has 10 aromatic carbocycles. The molecule has 11 rings (SSSR count). The zero-order valence-corrected chi connectivity index (χ0v) is 34.1. The number of anilines is 3. The summed E-state index contributed by atoms with van der Waals surface area (Å²) in [6, 6.07) is 92.1. The Morgan fingerprint density at radius 3 is 1.44 bits per heavy atom. The molecule has 0 aliphatic heterocycles. The highest BCUT2D eigenvalue weighted by Crippen LogP contribution is 2.48. The van der Waals surface area contributed by atoms with Gasteiger partial charge in [-0.1, -0.05) is 206 Å². The summed E-state index contributed by atoms with van der Waals surface area (Å²) in [5.74, 6) is 0. The average Bonchev–Trinajstić information content (AvgIpc) is 3.70. The molecule has 0 fully saturated rings. The van der Waals surface area contributed by atoms with Gasteiger partial charge in [-0.3, -0.25) is 0 Å². The van der Waals surface area contributed by atoms with Crippen LogP contribution in [0.2, 0.25) is 0 Å². The lowest BCUT2D eigenvalue weighted by Crippen LogP contribution is -2.12. The van der Waals surface area contributed by atoms with Crippen LogP contribution in [0.1, 0.15) is 0 Å². The summed E-state index contributed by atoms with van der Waals surface area (Å²) in [7, 11) is 0. The van der Waals surface area contributed by atoms with Gasteiger partial charge in [-0.2, -0.15) is 0 Å². The first-order valence-corrected chi connectivity index (χ1v) is 21.3. The van der Waals surface area contributed by atoms with Crippen molar-refractivity contribution in [2.45, 2.75) is 0 Å². The van der Waals surface area contributed by atoms with Crippen LogP contribution in [0.15, 0.2) is 255 Å². The fourth-order valence-electron chi connectivity index (χ4n) is 9.11. The van der Waals surface area contributed by atoms with Crippen LogP contribution in [0.5, 0.6) is 0 Å². The molecule has 11 aromatic rings. The highest BCUT2D eigenvalue weighted by molar-refractivity contribution is 6.17. The van der Waals surface area contributed by atoms with Crippen LogP contribution in [-0.4, -0.2) is 4.57 Å². The van der Waals surface area contributed by atoms with Crippen LogP contribution in [0.25, 0.3) is 83.1 Å². The van der Waals surface area contributed by atoms with Crippen molar-refractivity contribution in [3.8, 4) is 61.3 Å². The summed E-state index contributed by atoms with van der Waals surface area (Å²) in [6.07, 6.45) is 0. The normalized spacial score (nSPS) is 11.2. The minimum atomic E-state index is 1.08. The number of nitrogens with zero attached hydrogens (tertiary/aromatic N) is 2. The van der Waals surface area contributed by atoms with Crippen LogP contribution in [0, 0.1) is 0 Å². The number of rotatable bonds is 9. The third kappa shape index (κ3) is 6.74. The number of para-hydroxylation sites is 1. The summed E-state index contributed by atoms with van der Waals surface area (Å²) in [6.45, 7) is 0. The van der Waals surface area contributed by atoms with Crippen molar-refractivity contribution in [2.24, 2.45) is 0 Å². The van der Waals surface area contributed by atoms with Gasteiger partial charge >= 0.3 is 0 Å². The molecule has 0 aliphatic carbocycles. The number of hydrogen-bond donors (Lipinski definition) is 0. The smallest absolute Gasteiger partial charge is 0.0562 e. The molecule has 2 nitrogen and oxygen atoms in total. The lowest BCUT2D eigenvalue weighted by Gasteiger charge is -2.29. The SMILES string of the molecule is c1ccc(-c2ccc(N(c3cc(-c4ccccc4)ccc3-c3ccccc3)c3cccc4c3c3ccccc3n4-c3cccc(-c4ccccc4-c4ccccc4)c3)cc2)cc1. The van der Waals surface area contributed by atoms with Crippen molar-refractivity contribution in [2.75, 3.05) is 4.90 Å². The predicted octanol–water partition coefficient (Wildman–Crippen LogP) is 16.6. The monoisotopic (exact) mass is 790 g/mol. The number of fused-ring (bicyclic) bond motifs is 3. The van der Waals surface area contributed by atoms with E-state index in [2.05, 4.69) is 264 Å². The molecule has 2 heteroatoms. The first-order chi connectivity index (χ1) is 30.8. The van der Waals surface area contributed by atoms with Gasteiger partial charge in [0.2, 0.25) is 0 Å². The summed E-state index contributed by atoms with van der Waals surface area (Å²) in [4.78, 5) is 2.48. The molecular formula is C60H42N2. The molecule has 0 aliphatic rings. The summed E-state index contributed by atoms with van der Waals surface area (Å²) in [5, 5.41) is 2.38. The molecule has 62 heavy (non-hydrogen) atoms. The fourth-order valence-corrected chi connectivity index (χ4v) is 9.11. The Kier molecular flexibility index (Phi) is 9.57. The lowest BCUT2D eigenvalue weighted by atomic mass is 9.94. The van der Waals surface area contributed by atoms with E-state index in [-0.39, 0.29) is 0 Å². The predicted molar refractivity (Wildman–Crippen MR) is 263 cm³/mol. The van der Waals surface area contributed by atoms with Gasteiger partial charge in [0, 0.05) is 27.7 Å². The van der Waals surface area contributed by atoms with Gasteiger partial charge in [-0.15, -0.1) is 0 Å². The van der Waals surface area contributed by atoms with E-state index in [1.54, 1.807) is 0 Å². The zero-order chi connectivity index (χ0) is 41.2. The van der Waals surface area contributed by atoms with Crippen molar-refractivity contribution in [3.05, 3.63) is 255 Å². The molecule has 0 radical (unpaired) electrons. The second-order valence-corrected chi connectivity index (χ2v) is 15.7. The first-order valence-electron chi connectivity index (χ1n) is 21.3. The molecule has 0 amide bonds. The first kappa shape index (κ1) is 36.8. The fraction of sp³-hybridized carbons (Fsp3) is 0. The largest absolute Gasteiger partial charge is 0.309 e. The number of benzene rings is 10. The van der Waals surface area contributed by atoms with Crippen molar-refractivity contribution in [1.29, 1.82) is 0 Å². The van der Waals surface area contributed by atoms with E-state index in [9.17, 15) is 0 Å². The maximum atomic E-state index is 2.48. The molecule has 292 valence electrons. The molecule has 0 saturated carbocycles. The maximum absolute atomic E-state index is 2.48. The van der Waals surface area contributed by atoms with E-state index in [1.807, 2.05) is 0 Å². The van der Waals surface area contributed by atoms with Gasteiger partial charge in [-0.25, -0.2) is 0 Å². The highest BCUT2D eigenvalue weighted by Gasteiger charge is 2.24. The third-order valence-electron chi connectivity index (χ3n) is 12.0. The van der Waals surface area contributed by atoms with Crippen molar-refractivity contribution in [1.82, 2.24) is 4.57 Å². The molecule has 0 unspecified atom stereocenters. The van der Waals surface area contributed by atoms with Gasteiger partial charge in [0.25, 0.3) is 0 Å². The van der Waals surface area contributed by atoms with Gasteiger partial charge in [-0.05, 0) is 98.6 Å². The number of hydrogen-bond acceptors (Lipinski definition) is 1. The minimum Gasteiger partial charge on any atom is -0.309 e. The molecule has 0 atom stereocenters. The summed E-state index contributed by atoms with van der Waals surface area (Å²) >= 11 is 0. The van der Waals surface area contributed by atoms with Gasteiger partial charge in [0.05, 0.1) is 22.4 Å².